The SMILES string of the molecule is O=C1CO[C@H]2CCN(Cc3ccc(F)cc3)C[C@@H]2CN1c1ccccc1. The van der Waals surface area contributed by atoms with Crippen molar-refractivity contribution in [2.45, 2.75) is 19.1 Å². The molecule has 0 unspecified atom stereocenters. The number of fused-ring (bicyclic) bond motifs is 1. The summed E-state index contributed by atoms with van der Waals surface area (Å²) in [7, 11) is 0. The Labute approximate surface area is 153 Å². The first kappa shape index (κ1) is 17.2. The van der Waals surface area contributed by atoms with Gasteiger partial charge in [0.05, 0.1) is 6.10 Å². The van der Waals surface area contributed by atoms with Crippen molar-refractivity contribution in [1.29, 1.82) is 0 Å². The maximum atomic E-state index is 13.1. The molecule has 0 spiro atoms. The fourth-order valence-corrected chi connectivity index (χ4v) is 3.92. The van der Waals surface area contributed by atoms with E-state index in [9.17, 15) is 9.18 Å². The van der Waals surface area contributed by atoms with Gasteiger partial charge in [-0.2, -0.15) is 0 Å². The van der Waals surface area contributed by atoms with E-state index in [4.69, 9.17) is 4.74 Å². The fraction of sp³-hybridized carbons (Fsp3) is 0.381. The van der Waals surface area contributed by atoms with Gasteiger partial charge in [-0.25, -0.2) is 4.39 Å². The van der Waals surface area contributed by atoms with Crippen LogP contribution in [0, 0.1) is 11.7 Å². The molecule has 0 aromatic heterocycles. The summed E-state index contributed by atoms with van der Waals surface area (Å²) in [6, 6.07) is 16.5. The van der Waals surface area contributed by atoms with E-state index in [-0.39, 0.29) is 30.4 Å². The highest BCUT2D eigenvalue weighted by molar-refractivity contribution is 5.94. The molecule has 0 N–H and O–H groups in total. The fourth-order valence-electron chi connectivity index (χ4n) is 3.92. The molecule has 0 radical (unpaired) electrons. The van der Waals surface area contributed by atoms with Gasteiger partial charge >= 0.3 is 0 Å². The Balaban J connectivity index is 1.47. The molecule has 0 saturated carbocycles. The molecule has 1 amide bonds. The van der Waals surface area contributed by atoms with Crippen molar-refractivity contribution in [1.82, 2.24) is 4.90 Å². The maximum absolute atomic E-state index is 13.1. The predicted octanol–water partition coefficient (Wildman–Crippen LogP) is 3.08. The molecule has 2 atom stereocenters. The van der Waals surface area contributed by atoms with Crippen LogP contribution >= 0.6 is 0 Å². The first-order chi connectivity index (χ1) is 12.7. The Kier molecular flexibility index (Phi) is 5.00. The minimum Gasteiger partial charge on any atom is -0.368 e. The van der Waals surface area contributed by atoms with E-state index in [0.717, 1.165) is 37.3 Å². The number of rotatable bonds is 3. The number of hydrogen-bond acceptors (Lipinski definition) is 3. The molecule has 0 bridgehead atoms. The Bertz CT molecular complexity index is 750. The van der Waals surface area contributed by atoms with Gasteiger partial charge in [0, 0.05) is 37.8 Å². The third-order valence-electron chi connectivity index (χ3n) is 5.27. The summed E-state index contributed by atoms with van der Waals surface area (Å²) in [4.78, 5) is 16.7. The number of amides is 1. The van der Waals surface area contributed by atoms with Crippen molar-refractivity contribution >= 4 is 11.6 Å². The first-order valence-electron chi connectivity index (χ1n) is 9.13. The largest absolute Gasteiger partial charge is 0.368 e. The molecule has 0 aliphatic carbocycles. The molecule has 2 aliphatic rings. The Hall–Kier alpha value is -2.24. The lowest BCUT2D eigenvalue weighted by atomic mass is 9.93. The van der Waals surface area contributed by atoms with E-state index in [0.29, 0.717) is 6.54 Å². The van der Waals surface area contributed by atoms with E-state index in [1.807, 2.05) is 47.4 Å². The van der Waals surface area contributed by atoms with Crippen LogP contribution in [0.1, 0.15) is 12.0 Å². The second-order valence-electron chi connectivity index (χ2n) is 7.10. The minimum absolute atomic E-state index is 0.0238. The molecule has 2 fully saturated rings. The monoisotopic (exact) mass is 354 g/mol. The molecule has 4 nitrogen and oxygen atoms in total. The smallest absolute Gasteiger partial charge is 0.252 e. The highest BCUT2D eigenvalue weighted by Gasteiger charge is 2.36. The van der Waals surface area contributed by atoms with Crippen LogP contribution < -0.4 is 4.90 Å². The molecule has 136 valence electrons. The average Bonchev–Trinajstić information content (AvgIpc) is 2.83. The van der Waals surface area contributed by atoms with Crippen LogP contribution in [0.3, 0.4) is 0 Å². The Morgan fingerprint density at radius 2 is 1.81 bits per heavy atom. The zero-order valence-electron chi connectivity index (χ0n) is 14.7. The summed E-state index contributed by atoms with van der Waals surface area (Å²) in [5.74, 6) is 0.0909. The third kappa shape index (κ3) is 3.79. The topological polar surface area (TPSA) is 32.8 Å². The van der Waals surface area contributed by atoms with E-state index >= 15 is 0 Å². The lowest BCUT2D eigenvalue weighted by molar-refractivity contribution is -0.124. The van der Waals surface area contributed by atoms with Crippen LogP contribution in [0.25, 0.3) is 0 Å². The van der Waals surface area contributed by atoms with Crippen molar-refractivity contribution in [2.24, 2.45) is 5.92 Å². The highest BCUT2D eigenvalue weighted by Crippen LogP contribution is 2.27. The van der Waals surface area contributed by atoms with Crippen LogP contribution in [0.15, 0.2) is 54.6 Å². The zero-order chi connectivity index (χ0) is 17.9. The summed E-state index contributed by atoms with van der Waals surface area (Å²) < 4.78 is 19.0. The minimum atomic E-state index is -0.207. The van der Waals surface area contributed by atoms with E-state index in [1.54, 1.807) is 0 Å². The number of likely N-dealkylation sites (tertiary alicyclic amines) is 1. The number of nitrogens with zero attached hydrogens (tertiary/aromatic N) is 2. The molecule has 2 saturated heterocycles. The molecule has 2 aromatic rings. The quantitative estimate of drug-likeness (QED) is 0.849. The maximum Gasteiger partial charge on any atom is 0.252 e. The second kappa shape index (κ2) is 7.56. The van der Waals surface area contributed by atoms with Gasteiger partial charge in [0.15, 0.2) is 0 Å². The van der Waals surface area contributed by atoms with Crippen LogP contribution in [-0.4, -0.2) is 43.2 Å². The van der Waals surface area contributed by atoms with Crippen LogP contribution in [-0.2, 0) is 16.1 Å². The van der Waals surface area contributed by atoms with Gasteiger partial charge in [-0.05, 0) is 36.2 Å². The summed E-state index contributed by atoms with van der Waals surface area (Å²) in [5, 5.41) is 0. The summed E-state index contributed by atoms with van der Waals surface area (Å²) in [5.41, 5.74) is 2.03. The number of ether oxygens (including phenoxy) is 1. The van der Waals surface area contributed by atoms with Crippen LogP contribution in [0.4, 0.5) is 10.1 Å². The van der Waals surface area contributed by atoms with Crippen LogP contribution in [0.5, 0.6) is 0 Å². The number of hydrogen-bond donors (Lipinski definition) is 0. The van der Waals surface area contributed by atoms with Crippen molar-refractivity contribution < 1.29 is 13.9 Å². The number of para-hydroxylation sites is 1. The molecular formula is C21H23FN2O2. The first-order valence-corrected chi connectivity index (χ1v) is 9.13. The van der Waals surface area contributed by atoms with Gasteiger partial charge in [0.2, 0.25) is 0 Å². The van der Waals surface area contributed by atoms with Crippen molar-refractivity contribution in [3.05, 3.63) is 66.0 Å². The molecule has 5 heteroatoms. The predicted molar refractivity (Wildman–Crippen MR) is 98.3 cm³/mol. The molecule has 26 heavy (non-hydrogen) atoms. The van der Waals surface area contributed by atoms with Crippen molar-refractivity contribution in [2.75, 3.05) is 31.1 Å². The highest BCUT2D eigenvalue weighted by atomic mass is 19.1. The van der Waals surface area contributed by atoms with E-state index < -0.39 is 0 Å². The lowest BCUT2D eigenvalue weighted by Crippen LogP contribution is -2.47. The zero-order valence-corrected chi connectivity index (χ0v) is 14.7. The van der Waals surface area contributed by atoms with Crippen LogP contribution in [0.2, 0.25) is 0 Å². The van der Waals surface area contributed by atoms with E-state index in [2.05, 4.69) is 4.90 Å². The number of piperidine rings is 1. The normalized spacial score (nSPS) is 24.2. The van der Waals surface area contributed by atoms with Gasteiger partial charge in [0.25, 0.3) is 5.91 Å². The van der Waals surface area contributed by atoms with Gasteiger partial charge < -0.3 is 9.64 Å². The number of halogens is 1. The summed E-state index contributed by atoms with van der Waals surface area (Å²) in [6.07, 6.45) is 1.04. The number of carbonyl (C=O) groups is 1. The Morgan fingerprint density at radius 1 is 1.04 bits per heavy atom. The lowest BCUT2D eigenvalue weighted by Gasteiger charge is -2.38. The summed E-state index contributed by atoms with van der Waals surface area (Å²) in [6.45, 7) is 3.42. The number of benzene rings is 2. The molecule has 2 aromatic carbocycles. The van der Waals surface area contributed by atoms with Crippen molar-refractivity contribution in [3.8, 4) is 0 Å². The molecule has 4 rings (SSSR count). The van der Waals surface area contributed by atoms with Gasteiger partial charge in [-0.1, -0.05) is 30.3 Å². The van der Waals surface area contributed by atoms with Crippen molar-refractivity contribution in [3.63, 3.8) is 0 Å². The third-order valence-corrected chi connectivity index (χ3v) is 5.27. The van der Waals surface area contributed by atoms with Gasteiger partial charge in [0.1, 0.15) is 12.4 Å². The molecule has 2 heterocycles. The van der Waals surface area contributed by atoms with E-state index in [1.165, 1.54) is 12.1 Å². The summed E-state index contributed by atoms with van der Waals surface area (Å²) >= 11 is 0. The number of carbonyl (C=O) groups excluding carboxylic acids is 1. The standard InChI is InChI=1S/C21H23FN2O2/c22-18-8-6-16(7-9-18)12-23-11-10-20-17(13-23)14-24(21(25)15-26-20)19-4-2-1-3-5-19/h1-9,17,20H,10-15H2/t17-,20+/m1/s1. The number of anilines is 1. The van der Waals surface area contributed by atoms with Gasteiger partial charge in [-0.3, -0.25) is 9.69 Å². The molecular weight excluding hydrogens is 331 g/mol. The molecule has 2 aliphatic heterocycles. The second-order valence-corrected chi connectivity index (χ2v) is 7.10. The average molecular weight is 354 g/mol. The van der Waals surface area contributed by atoms with Gasteiger partial charge in [-0.15, -0.1) is 0 Å². The Morgan fingerprint density at radius 3 is 2.58 bits per heavy atom.